The normalized spacial score (nSPS) is 16.2. The van der Waals surface area contributed by atoms with Crippen LogP contribution in [0.15, 0.2) is 60.7 Å². The summed E-state index contributed by atoms with van der Waals surface area (Å²) in [5.41, 5.74) is 2.55. The van der Waals surface area contributed by atoms with E-state index in [4.69, 9.17) is 51.1 Å². The molecule has 0 bridgehead atoms. The zero-order valence-electron chi connectivity index (χ0n) is 15.4. The van der Waals surface area contributed by atoms with E-state index in [9.17, 15) is 4.79 Å². The zero-order chi connectivity index (χ0) is 21.3. The lowest BCUT2D eigenvalue weighted by Gasteiger charge is -2.25. The molecule has 154 valence electrons. The van der Waals surface area contributed by atoms with Crippen LogP contribution in [0.5, 0.6) is 5.75 Å². The number of carbonyl (C=O) groups excluding carboxylic acids is 1. The maximum atomic E-state index is 12.5. The molecule has 8 heteroatoms. The van der Waals surface area contributed by atoms with E-state index in [0.29, 0.717) is 38.2 Å². The van der Waals surface area contributed by atoms with Crippen LogP contribution >= 0.6 is 58.2 Å². The molecule has 0 unspecified atom stereocenters. The van der Waals surface area contributed by atoms with Crippen LogP contribution in [-0.4, -0.2) is 11.7 Å². The summed E-state index contributed by atoms with van der Waals surface area (Å²) in [6.45, 7) is 0.309. The van der Waals surface area contributed by atoms with Crippen LogP contribution in [0.25, 0.3) is 0 Å². The molecule has 0 saturated carbocycles. The van der Waals surface area contributed by atoms with Gasteiger partial charge in [-0.05, 0) is 59.7 Å². The quantitative estimate of drug-likeness (QED) is 0.361. The topological polar surface area (TPSA) is 29.5 Å². The summed E-state index contributed by atoms with van der Waals surface area (Å²) in [6.07, 6.45) is 0. The van der Waals surface area contributed by atoms with Gasteiger partial charge in [0.1, 0.15) is 12.0 Å². The zero-order valence-corrected chi connectivity index (χ0v) is 19.3. The van der Waals surface area contributed by atoms with Crippen LogP contribution in [-0.2, 0) is 11.4 Å². The van der Waals surface area contributed by atoms with E-state index in [-0.39, 0.29) is 11.3 Å². The summed E-state index contributed by atoms with van der Waals surface area (Å²) in [4.78, 5) is 14.3. The minimum Gasteiger partial charge on any atom is -0.486 e. The van der Waals surface area contributed by atoms with E-state index >= 15 is 0 Å². The summed E-state index contributed by atoms with van der Waals surface area (Å²) in [5.74, 6) is 0.796. The third-order valence-electron chi connectivity index (χ3n) is 4.57. The van der Waals surface area contributed by atoms with Crippen molar-refractivity contribution in [1.82, 2.24) is 0 Å². The Morgan fingerprint density at radius 2 is 1.47 bits per heavy atom. The Labute approximate surface area is 198 Å². The molecular formula is C22H15Cl4NO2S. The first-order valence-corrected chi connectivity index (χ1v) is 11.5. The van der Waals surface area contributed by atoms with Crippen molar-refractivity contribution in [2.45, 2.75) is 12.0 Å². The first-order valence-electron chi connectivity index (χ1n) is 8.98. The van der Waals surface area contributed by atoms with Crippen LogP contribution in [0.2, 0.25) is 20.1 Å². The number of halogens is 4. The number of carbonyl (C=O) groups is 1. The molecule has 4 rings (SSSR count). The van der Waals surface area contributed by atoms with Gasteiger partial charge in [0.15, 0.2) is 5.75 Å². The SMILES string of the molecule is O=C1CS[C@@H](c2cc(Cl)c(OCc3ccc(Cl)cc3)c(Cl)c2)N1c1ccc(Cl)cc1. The lowest BCUT2D eigenvalue weighted by molar-refractivity contribution is -0.115. The molecule has 0 radical (unpaired) electrons. The van der Waals surface area contributed by atoms with Gasteiger partial charge >= 0.3 is 0 Å². The highest BCUT2D eigenvalue weighted by Gasteiger charge is 2.34. The van der Waals surface area contributed by atoms with Crippen molar-refractivity contribution in [1.29, 1.82) is 0 Å². The van der Waals surface area contributed by atoms with Gasteiger partial charge in [0, 0.05) is 15.7 Å². The number of hydrogen-bond donors (Lipinski definition) is 0. The summed E-state index contributed by atoms with van der Waals surface area (Å²) in [5, 5.41) is 1.82. The number of hydrogen-bond acceptors (Lipinski definition) is 3. The highest BCUT2D eigenvalue weighted by Crippen LogP contribution is 2.45. The minimum absolute atomic E-state index is 0.0163. The highest BCUT2D eigenvalue weighted by molar-refractivity contribution is 8.00. The summed E-state index contributed by atoms with van der Waals surface area (Å²) in [7, 11) is 0. The van der Waals surface area contributed by atoms with E-state index < -0.39 is 0 Å². The molecule has 3 aromatic rings. The van der Waals surface area contributed by atoms with Gasteiger partial charge in [-0.25, -0.2) is 0 Å². The van der Waals surface area contributed by atoms with Crippen molar-refractivity contribution >= 4 is 69.8 Å². The second-order valence-corrected chi connectivity index (χ2v) is 9.39. The fourth-order valence-corrected chi connectivity index (χ4v) is 5.17. The molecule has 1 amide bonds. The lowest BCUT2D eigenvalue weighted by Crippen LogP contribution is -2.27. The van der Waals surface area contributed by atoms with Gasteiger partial charge in [0.25, 0.3) is 0 Å². The van der Waals surface area contributed by atoms with Gasteiger partial charge in [-0.2, -0.15) is 0 Å². The number of nitrogens with zero attached hydrogens (tertiary/aromatic N) is 1. The molecule has 3 nitrogen and oxygen atoms in total. The summed E-state index contributed by atoms with van der Waals surface area (Å²) >= 11 is 26.4. The van der Waals surface area contributed by atoms with Gasteiger partial charge in [-0.15, -0.1) is 11.8 Å². The Morgan fingerprint density at radius 1 is 0.900 bits per heavy atom. The van der Waals surface area contributed by atoms with Crippen LogP contribution in [0.1, 0.15) is 16.5 Å². The number of ether oxygens (including phenoxy) is 1. The maximum absolute atomic E-state index is 12.5. The molecule has 1 heterocycles. The third kappa shape index (κ3) is 4.68. The molecule has 1 fully saturated rings. The maximum Gasteiger partial charge on any atom is 0.238 e. The second-order valence-electron chi connectivity index (χ2n) is 6.63. The van der Waals surface area contributed by atoms with Crippen LogP contribution in [0.3, 0.4) is 0 Å². The smallest absolute Gasteiger partial charge is 0.238 e. The Kier molecular flexibility index (Phi) is 6.71. The van der Waals surface area contributed by atoms with Gasteiger partial charge in [0.05, 0.1) is 15.8 Å². The molecule has 3 aromatic carbocycles. The van der Waals surface area contributed by atoms with Crippen molar-refractivity contribution in [3.63, 3.8) is 0 Å². The third-order valence-corrected chi connectivity index (χ3v) is 6.85. The molecule has 0 N–H and O–H groups in total. The van der Waals surface area contributed by atoms with Crippen LogP contribution in [0, 0.1) is 0 Å². The van der Waals surface area contributed by atoms with Crippen molar-refractivity contribution in [2.75, 3.05) is 10.7 Å². The predicted octanol–water partition coefficient (Wildman–Crippen LogP) is 7.66. The average Bonchev–Trinajstić information content (AvgIpc) is 3.11. The number of benzene rings is 3. The van der Waals surface area contributed by atoms with Gasteiger partial charge < -0.3 is 4.74 Å². The van der Waals surface area contributed by atoms with Crippen molar-refractivity contribution < 1.29 is 9.53 Å². The number of thioether (sulfide) groups is 1. The Balaban J connectivity index is 1.58. The standard InChI is InChI=1S/C22H15Cl4NO2S/c23-15-3-1-13(2-4-15)11-29-21-18(25)9-14(10-19(21)26)22-27(20(28)12-30-22)17-7-5-16(24)6-8-17/h1-10,22H,11-12H2/t22-/m0/s1. The van der Waals surface area contributed by atoms with E-state index in [1.165, 1.54) is 11.8 Å². The van der Waals surface area contributed by atoms with Crippen molar-refractivity contribution in [3.05, 3.63) is 91.9 Å². The minimum atomic E-state index is -0.237. The van der Waals surface area contributed by atoms with Crippen molar-refractivity contribution in [3.8, 4) is 5.75 Å². The molecule has 30 heavy (non-hydrogen) atoms. The molecule has 0 aliphatic carbocycles. The van der Waals surface area contributed by atoms with E-state index in [2.05, 4.69) is 0 Å². The molecule has 1 saturated heterocycles. The Bertz CT molecular complexity index is 1050. The fourth-order valence-electron chi connectivity index (χ4n) is 3.15. The molecule has 0 spiro atoms. The first-order chi connectivity index (χ1) is 14.4. The van der Waals surface area contributed by atoms with Gasteiger partial charge in [-0.1, -0.05) is 58.5 Å². The summed E-state index contributed by atoms with van der Waals surface area (Å²) < 4.78 is 5.85. The molecule has 0 aromatic heterocycles. The van der Waals surface area contributed by atoms with E-state index in [1.54, 1.807) is 41.3 Å². The molecule has 1 atom stereocenters. The summed E-state index contributed by atoms with van der Waals surface area (Å²) in [6, 6.07) is 18.1. The van der Waals surface area contributed by atoms with E-state index in [1.807, 2.05) is 24.3 Å². The molecular weight excluding hydrogens is 484 g/mol. The monoisotopic (exact) mass is 497 g/mol. The van der Waals surface area contributed by atoms with Crippen LogP contribution < -0.4 is 9.64 Å². The van der Waals surface area contributed by atoms with E-state index in [0.717, 1.165) is 16.8 Å². The largest absolute Gasteiger partial charge is 0.486 e. The van der Waals surface area contributed by atoms with Crippen LogP contribution in [0.4, 0.5) is 5.69 Å². The Hall–Kier alpha value is -1.56. The molecule has 1 aliphatic rings. The number of rotatable bonds is 5. The number of anilines is 1. The average molecular weight is 499 g/mol. The highest BCUT2D eigenvalue weighted by atomic mass is 35.5. The first kappa shape index (κ1) is 21.7. The lowest BCUT2D eigenvalue weighted by atomic mass is 10.1. The van der Waals surface area contributed by atoms with Gasteiger partial charge in [-0.3, -0.25) is 9.69 Å². The van der Waals surface area contributed by atoms with Gasteiger partial charge in [0.2, 0.25) is 5.91 Å². The predicted molar refractivity (Wildman–Crippen MR) is 126 cm³/mol. The fraction of sp³-hybridized carbons (Fsp3) is 0.136. The second kappa shape index (κ2) is 9.29. The number of amides is 1. The van der Waals surface area contributed by atoms with Crippen molar-refractivity contribution in [2.24, 2.45) is 0 Å². The molecule has 1 aliphatic heterocycles. The Morgan fingerprint density at radius 3 is 2.07 bits per heavy atom.